The quantitative estimate of drug-likeness (QED) is 0.628. The molecule has 20 heavy (non-hydrogen) atoms. The molecule has 110 valence electrons. The predicted octanol–water partition coefficient (Wildman–Crippen LogP) is 3.75. The Morgan fingerprint density at radius 3 is 2.40 bits per heavy atom. The van der Waals surface area contributed by atoms with Crippen LogP contribution < -0.4 is 0 Å². The third-order valence-electron chi connectivity index (χ3n) is 2.51. The van der Waals surface area contributed by atoms with Crippen molar-refractivity contribution in [3.05, 3.63) is 34.9 Å². The van der Waals surface area contributed by atoms with Gasteiger partial charge in [0.05, 0.1) is 17.7 Å². The van der Waals surface area contributed by atoms with E-state index in [-0.39, 0.29) is 12.2 Å². The Morgan fingerprint density at radius 2 is 1.95 bits per heavy atom. The minimum absolute atomic E-state index is 0.0858. The second kappa shape index (κ2) is 6.26. The molecule has 1 aromatic carbocycles. The van der Waals surface area contributed by atoms with Crippen molar-refractivity contribution in [1.82, 2.24) is 0 Å². The first kappa shape index (κ1) is 16.5. The van der Waals surface area contributed by atoms with Gasteiger partial charge in [0.25, 0.3) is 0 Å². The fourth-order valence-electron chi connectivity index (χ4n) is 1.67. The molecule has 1 rings (SSSR count). The summed E-state index contributed by atoms with van der Waals surface area (Å²) >= 11 is 5.79. The van der Waals surface area contributed by atoms with Gasteiger partial charge in [0.15, 0.2) is 5.78 Å². The summed E-state index contributed by atoms with van der Waals surface area (Å²) in [6.45, 7) is 2.52. The van der Waals surface area contributed by atoms with Gasteiger partial charge in [0.2, 0.25) is 0 Å². The van der Waals surface area contributed by atoms with Gasteiger partial charge >= 0.3 is 12.1 Å². The van der Waals surface area contributed by atoms with E-state index in [0.717, 1.165) is 19.1 Å². The number of carbonyl (C=O) groups excluding carboxylic acids is 2. The van der Waals surface area contributed by atoms with Gasteiger partial charge in [-0.2, -0.15) is 13.2 Å². The van der Waals surface area contributed by atoms with Crippen molar-refractivity contribution in [1.29, 1.82) is 0 Å². The van der Waals surface area contributed by atoms with Gasteiger partial charge < -0.3 is 4.74 Å². The van der Waals surface area contributed by atoms with Gasteiger partial charge in [-0.3, -0.25) is 4.79 Å². The molecule has 7 heteroatoms. The number of hydrogen-bond donors (Lipinski definition) is 0. The van der Waals surface area contributed by atoms with Gasteiger partial charge in [-0.05, 0) is 25.5 Å². The van der Waals surface area contributed by atoms with E-state index in [9.17, 15) is 22.8 Å². The van der Waals surface area contributed by atoms with Gasteiger partial charge in [0.1, 0.15) is 5.38 Å². The molecule has 0 saturated heterocycles. The van der Waals surface area contributed by atoms with Crippen molar-refractivity contribution in [3.8, 4) is 0 Å². The van der Waals surface area contributed by atoms with Crippen LogP contribution in [0.3, 0.4) is 0 Å². The van der Waals surface area contributed by atoms with Crippen LogP contribution in [0.15, 0.2) is 18.2 Å². The van der Waals surface area contributed by atoms with Gasteiger partial charge in [-0.15, -0.1) is 11.6 Å². The maximum absolute atomic E-state index is 13.0. The fraction of sp³-hybridized carbons (Fsp3) is 0.385. The number of rotatable bonds is 4. The molecule has 0 spiro atoms. The van der Waals surface area contributed by atoms with Crippen LogP contribution >= 0.6 is 11.6 Å². The molecule has 0 N–H and O–H groups in total. The molecule has 1 unspecified atom stereocenters. The molecule has 0 bridgehead atoms. The smallest absolute Gasteiger partial charge is 0.417 e. The molecule has 0 aliphatic rings. The van der Waals surface area contributed by atoms with Crippen LogP contribution in [0.2, 0.25) is 0 Å². The van der Waals surface area contributed by atoms with Gasteiger partial charge in [-0.25, -0.2) is 4.79 Å². The first-order valence-corrected chi connectivity index (χ1v) is 6.15. The maximum Gasteiger partial charge on any atom is 0.417 e. The number of ketones is 1. The van der Waals surface area contributed by atoms with Crippen LogP contribution in [0.4, 0.5) is 13.2 Å². The predicted molar refractivity (Wildman–Crippen MR) is 66.7 cm³/mol. The lowest BCUT2D eigenvalue weighted by atomic mass is 9.96. The van der Waals surface area contributed by atoms with Crippen LogP contribution in [-0.2, 0) is 15.7 Å². The number of carbonyl (C=O) groups is 2. The van der Waals surface area contributed by atoms with E-state index in [4.69, 9.17) is 11.6 Å². The van der Waals surface area contributed by atoms with E-state index < -0.39 is 34.4 Å². The molecule has 0 radical (unpaired) electrons. The zero-order valence-corrected chi connectivity index (χ0v) is 11.5. The largest absolute Gasteiger partial charge is 0.462 e. The van der Waals surface area contributed by atoms with Crippen molar-refractivity contribution in [3.63, 3.8) is 0 Å². The molecule has 0 amide bonds. The van der Waals surface area contributed by atoms with Crippen LogP contribution in [0.25, 0.3) is 0 Å². The number of esters is 1. The first-order chi connectivity index (χ1) is 9.20. The van der Waals surface area contributed by atoms with Crippen LogP contribution in [-0.4, -0.2) is 18.4 Å². The summed E-state index contributed by atoms with van der Waals surface area (Å²) in [6.07, 6.45) is -4.74. The van der Waals surface area contributed by atoms with Crippen LogP contribution in [0.5, 0.6) is 0 Å². The zero-order chi connectivity index (χ0) is 15.5. The SMILES string of the molecule is CCOC(=O)c1c(C(Cl)C(C)=O)cccc1C(F)(F)F. The van der Waals surface area contributed by atoms with E-state index in [1.807, 2.05) is 0 Å². The third-order valence-corrected chi connectivity index (χ3v) is 3.05. The molecular weight excluding hydrogens is 297 g/mol. The Kier molecular flexibility index (Phi) is 5.16. The number of benzene rings is 1. The Balaban J connectivity index is 3.52. The van der Waals surface area contributed by atoms with E-state index >= 15 is 0 Å². The number of alkyl halides is 4. The van der Waals surface area contributed by atoms with Crippen LogP contribution in [0, 0.1) is 0 Å². The molecule has 0 heterocycles. The Hall–Kier alpha value is -1.56. The summed E-state index contributed by atoms with van der Waals surface area (Å²) in [4.78, 5) is 23.0. The molecule has 0 aromatic heterocycles. The maximum atomic E-state index is 13.0. The summed E-state index contributed by atoms with van der Waals surface area (Å²) in [5.41, 5.74) is -2.08. The highest BCUT2D eigenvalue weighted by atomic mass is 35.5. The van der Waals surface area contributed by atoms with Gasteiger partial charge in [0, 0.05) is 0 Å². The molecule has 1 atom stereocenters. The molecular formula is C13H12ClF3O3. The summed E-state index contributed by atoms with van der Waals surface area (Å²) in [5, 5.41) is -1.34. The van der Waals surface area contributed by atoms with Crippen LogP contribution in [0.1, 0.15) is 40.7 Å². The normalized spacial score (nSPS) is 12.9. The van der Waals surface area contributed by atoms with E-state index in [1.165, 1.54) is 13.0 Å². The monoisotopic (exact) mass is 308 g/mol. The van der Waals surface area contributed by atoms with Crippen molar-refractivity contribution >= 4 is 23.4 Å². The molecule has 0 aliphatic heterocycles. The molecule has 3 nitrogen and oxygen atoms in total. The number of Topliss-reactive ketones (excluding diaryl/α,β-unsaturated/α-hetero) is 1. The van der Waals surface area contributed by atoms with Gasteiger partial charge in [-0.1, -0.05) is 12.1 Å². The minimum atomic E-state index is -4.74. The number of ether oxygens (including phenoxy) is 1. The summed E-state index contributed by atoms with van der Waals surface area (Å²) in [5.74, 6) is -1.71. The summed E-state index contributed by atoms with van der Waals surface area (Å²) in [6, 6.07) is 3.05. The second-order valence-electron chi connectivity index (χ2n) is 3.96. The summed E-state index contributed by atoms with van der Waals surface area (Å²) < 4.78 is 43.5. The lowest BCUT2D eigenvalue weighted by Crippen LogP contribution is -2.19. The molecule has 0 aliphatic carbocycles. The average molecular weight is 309 g/mol. The third kappa shape index (κ3) is 3.50. The Morgan fingerprint density at radius 1 is 1.35 bits per heavy atom. The van der Waals surface area contributed by atoms with E-state index in [2.05, 4.69) is 4.74 Å². The topological polar surface area (TPSA) is 43.4 Å². The molecule has 0 saturated carbocycles. The highest BCUT2D eigenvalue weighted by Gasteiger charge is 2.38. The fourth-order valence-corrected chi connectivity index (χ4v) is 1.85. The van der Waals surface area contributed by atoms with Crippen molar-refractivity contribution in [2.45, 2.75) is 25.4 Å². The lowest BCUT2D eigenvalue weighted by Gasteiger charge is -2.17. The minimum Gasteiger partial charge on any atom is -0.462 e. The first-order valence-electron chi connectivity index (χ1n) is 5.71. The second-order valence-corrected chi connectivity index (χ2v) is 4.40. The molecule has 1 aromatic rings. The molecule has 0 fully saturated rings. The Labute approximate surface area is 118 Å². The van der Waals surface area contributed by atoms with Crippen molar-refractivity contribution in [2.24, 2.45) is 0 Å². The van der Waals surface area contributed by atoms with Crippen molar-refractivity contribution in [2.75, 3.05) is 6.61 Å². The zero-order valence-electron chi connectivity index (χ0n) is 10.8. The van der Waals surface area contributed by atoms with E-state index in [0.29, 0.717) is 0 Å². The number of halogens is 4. The Bertz CT molecular complexity index is 526. The number of hydrogen-bond acceptors (Lipinski definition) is 3. The summed E-state index contributed by atoms with van der Waals surface area (Å²) in [7, 11) is 0. The van der Waals surface area contributed by atoms with E-state index in [1.54, 1.807) is 0 Å². The van der Waals surface area contributed by atoms with Crippen molar-refractivity contribution < 1.29 is 27.5 Å². The highest BCUT2D eigenvalue weighted by Crippen LogP contribution is 2.37. The highest BCUT2D eigenvalue weighted by molar-refractivity contribution is 6.31. The average Bonchev–Trinajstić information content (AvgIpc) is 2.36. The lowest BCUT2D eigenvalue weighted by molar-refractivity contribution is -0.138. The standard InChI is InChI=1S/C13H12ClF3O3/c1-3-20-12(19)10-8(11(14)7(2)18)5-4-6-9(10)13(15,16)17/h4-6,11H,3H2,1-2H3.